The molecule has 6 atom stereocenters. The minimum absolute atomic E-state index is 0.00832. The molecule has 0 bridgehead atoms. The first-order valence-electron chi connectivity index (χ1n) is 5.67. The molecule has 0 heterocycles. The van der Waals surface area contributed by atoms with E-state index < -0.39 is 0 Å². The Morgan fingerprint density at radius 3 is 2.82 bits per heavy atom. The molecule has 1 saturated carbocycles. The molecular weight excluding hydrogens is 254 g/mol. The van der Waals surface area contributed by atoms with Gasteiger partial charge in [-0.3, -0.25) is 4.79 Å². The van der Waals surface area contributed by atoms with Crippen LogP contribution in [0, 0.1) is 11.8 Å². The summed E-state index contributed by atoms with van der Waals surface area (Å²) in [7, 11) is 4.49. The maximum absolute atomic E-state index is 11.9. The van der Waals surface area contributed by atoms with Crippen molar-refractivity contribution >= 4 is 24.7 Å². The highest BCUT2D eigenvalue weighted by Gasteiger charge is 2.40. The van der Waals surface area contributed by atoms with Gasteiger partial charge >= 0.3 is 0 Å². The Labute approximate surface area is 108 Å². The molecule has 0 aromatic rings. The Kier molecular flexibility index (Phi) is 6.51. The number of hydrogen-bond donors (Lipinski definition) is 0. The normalized spacial score (nSPS) is 31.0. The lowest BCUT2D eigenvalue weighted by atomic mass is 9.90. The van der Waals surface area contributed by atoms with Crippen LogP contribution in [-0.2, 0) is 13.8 Å². The zero-order valence-corrected chi connectivity index (χ0v) is 12.4. The summed E-state index contributed by atoms with van der Waals surface area (Å²) in [6.45, 7) is 5.65. The van der Waals surface area contributed by atoms with Gasteiger partial charge in [-0.25, -0.2) is 0 Å². The fraction of sp³-hybridized carbons (Fsp3) is 0.583. The molecule has 96 valence electrons. The second-order valence-corrected chi connectivity index (χ2v) is 4.82. The number of ketones is 1. The Bertz CT molecular complexity index is 304. The van der Waals surface area contributed by atoms with E-state index >= 15 is 0 Å². The van der Waals surface area contributed by atoms with Gasteiger partial charge < -0.3 is 9.05 Å². The number of rotatable bonds is 6. The second-order valence-electron chi connectivity index (χ2n) is 4.28. The van der Waals surface area contributed by atoms with Crippen molar-refractivity contribution in [3.05, 3.63) is 24.8 Å². The molecule has 1 fully saturated rings. The number of hydrogen-bond acceptors (Lipinski definition) is 3. The van der Waals surface area contributed by atoms with Gasteiger partial charge in [0.25, 0.3) is 0 Å². The molecule has 0 aliphatic heterocycles. The van der Waals surface area contributed by atoms with Crippen molar-refractivity contribution in [2.45, 2.75) is 32.0 Å². The van der Waals surface area contributed by atoms with Crippen molar-refractivity contribution in [1.29, 1.82) is 0 Å². The third kappa shape index (κ3) is 3.96. The highest BCUT2D eigenvalue weighted by atomic mass is 31.0. The zero-order chi connectivity index (χ0) is 12.8. The SMILES string of the molecule is C=CCC1C(=O)CC(OP)C1/C=C/C(C)OP. The van der Waals surface area contributed by atoms with Gasteiger partial charge in [-0.2, -0.15) is 0 Å². The molecular formula is C12H20O3P2. The average molecular weight is 274 g/mol. The fourth-order valence-corrected chi connectivity index (χ4v) is 2.52. The van der Waals surface area contributed by atoms with Crippen LogP contribution in [0.1, 0.15) is 19.8 Å². The van der Waals surface area contributed by atoms with Crippen molar-refractivity contribution in [2.75, 3.05) is 0 Å². The molecule has 1 aliphatic rings. The van der Waals surface area contributed by atoms with E-state index in [4.69, 9.17) is 9.05 Å². The van der Waals surface area contributed by atoms with Crippen molar-refractivity contribution in [1.82, 2.24) is 0 Å². The second kappa shape index (κ2) is 7.38. The first kappa shape index (κ1) is 15.0. The van der Waals surface area contributed by atoms with E-state index in [1.807, 2.05) is 19.1 Å². The van der Waals surface area contributed by atoms with Crippen LogP contribution >= 0.6 is 18.9 Å². The van der Waals surface area contributed by atoms with Gasteiger partial charge in [-0.05, 0) is 13.3 Å². The molecule has 6 unspecified atom stereocenters. The molecule has 0 saturated heterocycles. The molecule has 0 N–H and O–H groups in total. The van der Waals surface area contributed by atoms with E-state index in [1.165, 1.54) is 0 Å². The van der Waals surface area contributed by atoms with Crippen LogP contribution in [-0.4, -0.2) is 18.0 Å². The third-order valence-electron chi connectivity index (χ3n) is 3.12. The van der Waals surface area contributed by atoms with Crippen molar-refractivity contribution in [2.24, 2.45) is 11.8 Å². The van der Waals surface area contributed by atoms with E-state index in [2.05, 4.69) is 25.5 Å². The van der Waals surface area contributed by atoms with Crippen LogP contribution in [0.25, 0.3) is 0 Å². The van der Waals surface area contributed by atoms with Crippen LogP contribution in [0.3, 0.4) is 0 Å². The lowest BCUT2D eigenvalue weighted by Crippen LogP contribution is -2.19. The van der Waals surface area contributed by atoms with Gasteiger partial charge in [-0.1, -0.05) is 18.2 Å². The summed E-state index contributed by atoms with van der Waals surface area (Å²) in [5.41, 5.74) is 0. The summed E-state index contributed by atoms with van der Waals surface area (Å²) in [6.07, 6.45) is 6.94. The molecule has 1 rings (SSSR count). The number of carbonyl (C=O) groups is 1. The Balaban J connectivity index is 2.77. The van der Waals surface area contributed by atoms with Crippen LogP contribution < -0.4 is 0 Å². The van der Waals surface area contributed by atoms with Gasteiger partial charge in [0.2, 0.25) is 0 Å². The van der Waals surface area contributed by atoms with E-state index in [0.717, 1.165) is 0 Å². The lowest BCUT2D eigenvalue weighted by molar-refractivity contribution is -0.121. The molecule has 0 spiro atoms. The summed E-state index contributed by atoms with van der Waals surface area (Å²) < 4.78 is 10.4. The minimum Gasteiger partial charge on any atom is -0.361 e. The number of allylic oxidation sites excluding steroid dienone is 1. The Morgan fingerprint density at radius 2 is 2.29 bits per heavy atom. The van der Waals surface area contributed by atoms with E-state index in [1.54, 1.807) is 6.08 Å². The van der Waals surface area contributed by atoms with Crippen molar-refractivity contribution < 1.29 is 13.8 Å². The lowest BCUT2D eigenvalue weighted by Gasteiger charge is -2.18. The van der Waals surface area contributed by atoms with Crippen LogP contribution in [0.2, 0.25) is 0 Å². The average Bonchev–Trinajstić information content (AvgIpc) is 2.63. The first-order chi connectivity index (χ1) is 8.13. The largest absolute Gasteiger partial charge is 0.361 e. The molecule has 17 heavy (non-hydrogen) atoms. The Hall–Kier alpha value is -0.0700. The first-order valence-corrected chi connectivity index (χ1v) is 6.61. The van der Waals surface area contributed by atoms with Gasteiger partial charge in [0.05, 0.1) is 12.2 Å². The van der Waals surface area contributed by atoms with Crippen LogP contribution in [0.15, 0.2) is 24.8 Å². The number of Topliss-reactive ketones (excluding diaryl/α,β-unsaturated/α-hetero) is 1. The molecule has 0 amide bonds. The maximum Gasteiger partial charge on any atom is 0.139 e. The monoisotopic (exact) mass is 274 g/mol. The quantitative estimate of drug-likeness (QED) is 0.552. The standard InChI is InChI=1S/C12H20O3P2/c1-3-4-9-10(6-5-8(2)14-16)12(15-17)7-11(9)13/h3,5-6,8-10,12H,1,4,7,16-17H2,2H3/b6-5+. The van der Waals surface area contributed by atoms with Gasteiger partial charge in [-0.15, -0.1) is 6.58 Å². The summed E-state index contributed by atoms with van der Waals surface area (Å²) >= 11 is 0. The molecule has 1 aliphatic carbocycles. The third-order valence-corrected chi connectivity index (χ3v) is 3.90. The molecule has 0 aromatic heterocycles. The van der Waals surface area contributed by atoms with E-state index in [9.17, 15) is 4.79 Å². The van der Waals surface area contributed by atoms with Gasteiger partial charge in [0.1, 0.15) is 5.78 Å². The molecule has 3 nitrogen and oxygen atoms in total. The van der Waals surface area contributed by atoms with E-state index in [-0.39, 0.29) is 29.8 Å². The summed E-state index contributed by atoms with van der Waals surface area (Å²) in [5, 5.41) is 0. The van der Waals surface area contributed by atoms with Crippen molar-refractivity contribution in [3.8, 4) is 0 Å². The van der Waals surface area contributed by atoms with Gasteiger partial charge in [0, 0.05) is 37.2 Å². The summed E-state index contributed by atoms with van der Waals surface area (Å²) in [4.78, 5) is 11.9. The zero-order valence-electron chi connectivity index (χ0n) is 10.0. The van der Waals surface area contributed by atoms with Gasteiger partial charge in [0.15, 0.2) is 0 Å². The molecule has 5 heteroatoms. The van der Waals surface area contributed by atoms with Crippen molar-refractivity contribution in [3.63, 3.8) is 0 Å². The predicted molar refractivity (Wildman–Crippen MR) is 75.4 cm³/mol. The fourth-order valence-electron chi connectivity index (χ4n) is 2.15. The topological polar surface area (TPSA) is 35.5 Å². The summed E-state index contributed by atoms with van der Waals surface area (Å²) in [5.74, 6) is 0.359. The Morgan fingerprint density at radius 1 is 1.59 bits per heavy atom. The van der Waals surface area contributed by atoms with E-state index in [0.29, 0.717) is 12.8 Å². The predicted octanol–water partition coefficient (Wildman–Crippen LogP) is 2.69. The van der Waals surface area contributed by atoms with Crippen LogP contribution in [0.5, 0.6) is 0 Å². The number of carbonyl (C=O) groups excluding carboxylic acids is 1. The van der Waals surface area contributed by atoms with Crippen LogP contribution in [0.4, 0.5) is 0 Å². The molecule has 0 aromatic carbocycles. The minimum atomic E-state index is -0.0505. The molecule has 0 radical (unpaired) electrons. The smallest absolute Gasteiger partial charge is 0.139 e. The highest BCUT2D eigenvalue weighted by Crippen LogP contribution is 2.36. The highest BCUT2D eigenvalue weighted by molar-refractivity contribution is 7.10. The maximum atomic E-state index is 11.9. The summed E-state index contributed by atoms with van der Waals surface area (Å²) in [6, 6.07) is 0.